The van der Waals surface area contributed by atoms with Crippen LogP contribution in [0.2, 0.25) is 0 Å². The van der Waals surface area contributed by atoms with Crippen molar-refractivity contribution >= 4 is 12.2 Å². The minimum Gasteiger partial charge on any atom is -0.394 e. The van der Waals surface area contributed by atoms with Gasteiger partial charge in [0, 0.05) is 6.54 Å². The third kappa shape index (κ3) is 1.90. The van der Waals surface area contributed by atoms with Crippen molar-refractivity contribution in [1.29, 1.82) is 0 Å². The summed E-state index contributed by atoms with van der Waals surface area (Å²) in [4.78, 5) is 8.46. The van der Waals surface area contributed by atoms with Gasteiger partial charge in [0.2, 0.25) is 0 Å². The minimum atomic E-state index is -0.668. The Hall–Kier alpha value is -1.44. The second kappa shape index (κ2) is 4.68. The maximum atomic E-state index is 9.90. The fourth-order valence-corrected chi connectivity index (χ4v) is 2.34. The maximum absolute atomic E-state index is 9.90. The molecular formula is C11H16N4O3. The van der Waals surface area contributed by atoms with Crippen molar-refractivity contribution in [2.45, 2.75) is 31.3 Å². The van der Waals surface area contributed by atoms with Gasteiger partial charge < -0.3 is 20.3 Å². The van der Waals surface area contributed by atoms with E-state index in [0.29, 0.717) is 18.1 Å². The average Bonchev–Trinajstić information content (AvgIpc) is 2.96. The first kappa shape index (κ1) is 11.6. The van der Waals surface area contributed by atoms with Crippen LogP contribution in [0.4, 0.5) is 5.82 Å². The predicted octanol–water partition coefficient (Wildman–Crippen LogP) is -0.151. The largest absolute Gasteiger partial charge is 0.394 e. The number of rotatable bonds is 2. The quantitative estimate of drug-likeness (QED) is 0.680. The molecule has 2 aliphatic rings. The van der Waals surface area contributed by atoms with Gasteiger partial charge in [-0.15, -0.1) is 0 Å². The third-order valence-electron chi connectivity index (χ3n) is 3.30. The molecule has 0 saturated carbocycles. The summed E-state index contributed by atoms with van der Waals surface area (Å²) in [6.45, 7) is 0.430. The summed E-state index contributed by atoms with van der Waals surface area (Å²) in [5, 5.41) is 21.9. The van der Waals surface area contributed by atoms with Gasteiger partial charge in [-0.1, -0.05) is 0 Å². The topological polar surface area (TPSA) is 91.9 Å². The molecule has 98 valence electrons. The van der Waals surface area contributed by atoms with Gasteiger partial charge in [-0.05, 0) is 12.8 Å². The second-order valence-electron chi connectivity index (χ2n) is 4.52. The third-order valence-corrected chi connectivity index (χ3v) is 3.30. The molecule has 7 heteroatoms. The molecule has 2 aliphatic heterocycles. The van der Waals surface area contributed by atoms with Crippen molar-refractivity contribution in [3.8, 4) is 0 Å². The van der Waals surface area contributed by atoms with E-state index in [1.807, 2.05) is 4.57 Å². The van der Waals surface area contributed by atoms with Gasteiger partial charge in [0.1, 0.15) is 18.0 Å². The van der Waals surface area contributed by atoms with Gasteiger partial charge in [-0.2, -0.15) is 0 Å². The fraction of sp³-hybridized carbons (Fsp3) is 0.636. The average molecular weight is 252 g/mol. The zero-order valence-corrected chi connectivity index (χ0v) is 9.86. The lowest BCUT2D eigenvalue weighted by molar-refractivity contribution is -0.0216. The van der Waals surface area contributed by atoms with E-state index in [-0.39, 0.29) is 18.9 Å². The van der Waals surface area contributed by atoms with E-state index in [1.54, 1.807) is 12.7 Å². The van der Waals surface area contributed by atoms with Gasteiger partial charge in [0.15, 0.2) is 5.82 Å². The Labute approximate surface area is 104 Å². The first-order valence-corrected chi connectivity index (χ1v) is 6.06. The Morgan fingerprint density at radius 1 is 1.50 bits per heavy atom. The molecule has 0 spiro atoms. The van der Waals surface area contributed by atoms with E-state index < -0.39 is 6.10 Å². The summed E-state index contributed by atoms with van der Waals surface area (Å²) in [6.07, 6.45) is 3.88. The Bertz CT molecular complexity index is 459. The standard InChI is InChI=1S/C11H16N4O3/c16-4-7-1-2-9(18-7)15-6-14-10-8(17)3-12-5-13-11(10)15/h5-9,16-17H,1-4H2,(H,12,13). The Morgan fingerprint density at radius 3 is 3.17 bits per heavy atom. The molecular weight excluding hydrogens is 236 g/mol. The summed E-state index contributed by atoms with van der Waals surface area (Å²) in [6, 6.07) is 0. The van der Waals surface area contributed by atoms with Crippen molar-refractivity contribution in [1.82, 2.24) is 14.9 Å². The van der Waals surface area contributed by atoms with Crippen molar-refractivity contribution in [2.24, 2.45) is 4.99 Å². The van der Waals surface area contributed by atoms with E-state index >= 15 is 0 Å². The van der Waals surface area contributed by atoms with Crippen molar-refractivity contribution < 1.29 is 14.9 Å². The van der Waals surface area contributed by atoms with E-state index in [9.17, 15) is 5.11 Å². The molecule has 0 radical (unpaired) electrons. The lowest BCUT2D eigenvalue weighted by Gasteiger charge is -2.15. The Morgan fingerprint density at radius 2 is 2.39 bits per heavy atom. The zero-order chi connectivity index (χ0) is 12.5. The number of aliphatic hydroxyl groups excluding tert-OH is 2. The van der Waals surface area contributed by atoms with Gasteiger partial charge >= 0.3 is 0 Å². The van der Waals surface area contributed by atoms with Crippen LogP contribution in [0.15, 0.2) is 11.3 Å². The number of ether oxygens (including phenoxy) is 1. The number of nitrogens with zero attached hydrogens (tertiary/aromatic N) is 3. The van der Waals surface area contributed by atoms with Crippen molar-refractivity contribution in [2.75, 3.05) is 13.2 Å². The van der Waals surface area contributed by atoms with E-state index in [4.69, 9.17) is 9.84 Å². The molecule has 1 aromatic heterocycles. The van der Waals surface area contributed by atoms with Crippen molar-refractivity contribution in [3.05, 3.63) is 12.0 Å². The highest BCUT2D eigenvalue weighted by Gasteiger charge is 2.30. The van der Waals surface area contributed by atoms with Crippen LogP contribution < -0.4 is 5.32 Å². The highest BCUT2D eigenvalue weighted by atomic mass is 16.5. The van der Waals surface area contributed by atoms with Gasteiger partial charge in [-0.25, -0.2) is 9.98 Å². The normalized spacial score (nSPS) is 30.9. The van der Waals surface area contributed by atoms with Crippen LogP contribution in [0, 0.1) is 0 Å². The summed E-state index contributed by atoms with van der Waals surface area (Å²) < 4.78 is 7.51. The van der Waals surface area contributed by atoms with Crippen LogP contribution in [0.3, 0.4) is 0 Å². The number of aliphatic hydroxyl groups is 2. The van der Waals surface area contributed by atoms with Crippen LogP contribution in [-0.4, -0.2) is 45.4 Å². The molecule has 7 nitrogen and oxygen atoms in total. The first-order chi connectivity index (χ1) is 8.79. The Balaban J connectivity index is 1.90. The van der Waals surface area contributed by atoms with E-state index in [1.165, 1.54) is 0 Å². The molecule has 1 aromatic rings. The van der Waals surface area contributed by atoms with Gasteiger partial charge in [-0.3, -0.25) is 4.57 Å². The highest BCUT2D eigenvalue weighted by molar-refractivity contribution is 5.62. The monoisotopic (exact) mass is 252 g/mol. The van der Waals surface area contributed by atoms with Crippen LogP contribution >= 0.6 is 0 Å². The Kier molecular flexibility index (Phi) is 3.02. The molecule has 1 fully saturated rings. The lowest BCUT2D eigenvalue weighted by atomic mass is 10.2. The summed E-state index contributed by atoms with van der Waals surface area (Å²) in [5.41, 5.74) is 0.562. The van der Waals surface area contributed by atoms with E-state index in [2.05, 4.69) is 15.3 Å². The SMILES string of the molecule is OCC1CCC(n2cnc3c2N=CNCC3O)O1. The van der Waals surface area contributed by atoms with Gasteiger partial charge in [0.05, 0.1) is 25.4 Å². The van der Waals surface area contributed by atoms with E-state index in [0.717, 1.165) is 12.8 Å². The molecule has 3 rings (SSSR count). The molecule has 0 aliphatic carbocycles. The van der Waals surface area contributed by atoms with Crippen LogP contribution in [0.25, 0.3) is 0 Å². The zero-order valence-electron chi connectivity index (χ0n) is 9.86. The summed E-state index contributed by atoms with van der Waals surface area (Å²) in [5.74, 6) is 0.621. The molecule has 3 heterocycles. The summed E-state index contributed by atoms with van der Waals surface area (Å²) >= 11 is 0. The highest BCUT2D eigenvalue weighted by Crippen LogP contribution is 2.34. The fourth-order valence-electron chi connectivity index (χ4n) is 2.34. The molecule has 18 heavy (non-hydrogen) atoms. The van der Waals surface area contributed by atoms with Gasteiger partial charge in [0.25, 0.3) is 0 Å². The summed E-state index contributed by atoms with van der Waals surface area (Å²) in [7, 11) is 0. The van der Waals surface area contributed by atoms with Crippen LogP contribution in [-0.2, 0) is 4.74 Å². The lowest BCUT2D eigenvalue weighted by Crippen LogP contribution is -2.17. The van der Waals surface area contributed by atoms with Crippen LogP contribution in [0.5, 0.6) is 0 Å². The number of hydrogen-bond acceptors (Lipinski definition) is 6. The van der Waals surface area contributed by atoms with Crippen LogP contribution in [0.1, 0.15) is 30.9 Å². The second-order valence-corrected chi connectivity index (χ2v) is 4.52. The number of nitrogens with one attached hydrogen (secondary N) is 1. The molecule has 3 unspecified atom stereocenters. The smallest absolute Gasteiger partial charge is 0.162 e. The molecule has 3 N–H and O–H groups in total. The molecule has 0 aromatic carbocycles. The van der Waals surface area contributed by atoms with Crippen molar-refractivity contribution in [3.63, 3.8) is 0 Å². The molecule has 1 saturated heterocycles. The molecule has 3 atom stereocenters. The minimum absolute atomic E-state index is 0.0286. The number of aliphatic imine (C=N–C) groups is 1. The first-order valence-electron chi connectivity index (χ1n) is 6.06. The number of hydrogen-bond donors (Lipinski definition) is 3. The molecule has 0 bridgehead atoms. The number of β-amino-alcohol motifs (C(OH)–C–C–N with tert-alkyl or cyclic N) is 1. The maximum Gasteiger partial charge on any atom is 0.162 e. The molecule has 0 amide bonds. The number of imidazole rings is 1. The number of aromatic nitrogens is 2. The predicted molar refractivity (Wildman–Crippen MR) is 63.6 cm³/mol. The number of fused-ring (bicyclic) bond motifs is 1.